The Morgan fingerprint density at radius 3 is 2.59 bits per heavy atom. The summed E-state index contributed by atoms with van der Waals surface area (Å²) < 4.78 is 11.6. The van der Waals surface area contributed by atoms with Gasteiger partial charge in [-0.3, -0.25) is 0 Å². The summed E-state index contributed by atoms with van der Waals surface area (Å²) in [5.41, 5.74) is 7.87. The van der Waals surface area contributed by atoms with Gasteiger partial charge in [0.1, 0.15) is 11.2 Å². The van der Waals surface area contributed by atoms with Gasteiger partial charge in [-0.05, 0) is 78.5 Å². The first-order chi connectivity index (χ1) is 19.9. The highest BCUT2D eigenvalue weighted by atomic mass is 32.1. The molecule has 0 saturated carbocycles. The second kappa shape index (κ2) is 10.3. The molecule has 0 fully saturated rings. The van der Waals surface area contributed by atoms with Crippen molar-refractivity contribution >= 4 is 54.7 Å². The fourth-order valence-electron chi connectivity index (χ4n) is 6.40. The molecule has 41 heavy (non-hydrogen) atoms. The van der Waals surface area contributed by atoms with Crippen molar-refractivity contribution in [2.75, 3.05) is 11.4 Å². The molecule has 0 saturated heterocycles. The molecule has 0 amide bonds. The Bertz CT molecular complexity index is 1880. The molecule has 3 aromatic carbocycles. The summed E-state index contributed by atoms with van der Waals surface area (Å²) in [6, 6.07) is 24.0. The number of hydrogen-bond acceptors (Lipinski definition) is 4. The van der Waals surface area contributed by atoms with Crippen molar-refractivity contribution in [1.82, 2.24) is 0 Å². The molecule has 5 aromatic rings. The SMILES string of the molecule is CCN1/C(=C/C2=CC(=C\c3sc4ccccc4[n+]3CC)/CC(C)(C)C2)Oc2ccc(-c3csc4ccccc34)cc21. The molecule has 1 aliphatic heterocycles. The number of hydrogen-bond donors (Lipinski definition) is 0. The van der Waals surface area contributed by atoms with E-state index in [1.54, 1.807) is 11.3 Å². The Hall–Kier alpha value is -3.67. The van der Waals surface area contributed by atoms with Crippen molar-refractivity contribution in [2.24, 2.45) is 5.41 Å². The quantitative estimate of drug-likeness (QED) is 0.194. The molecule has 0 atom stereocenters. The van der Waals surface area contributed by atoms with E-state index in [-0.39, 0.29) is 5.41 Å². The van der Waals surface area contributed by atoms with Gasteiger partial charge in [0.05, 0.1) is 5.69 Å². The number of fused-ring (bicyclic) bond motifs is 3. The van der Waals surface area contributed by atoms with E-state index in [0.717, 1.165) is 43.3 Å². The van der Waals surface area contributed by atoms with E-state index in [9.17, 15) is 0 Å². The number of anilines is 1. The van der Waals surface area contributed by atoms with Crippen LogP contribution in [0.1, 0.15) is 45.5 Å². The van der Waals surface area contributed by atoms with Gasteiger partial charge in [-0.25, -0.2) is 0 Å². The molecule has 0 bridgehead atoms. The van der Waals surface area contributed by atoms with Gasteiger partial charge < -0.3 is 9.64 Å². The first kappa shape index (κ1) is 26.2. The molecule has 2 aliphatic rings. The standard InChI is InChI=1S/C36H35N2OS2/c1-5-37-30-20-26(28-23-40-32-13-9-7-11-27(28)32)15-16-31(30)39-34(37)18-24-17-25(22-36(3,4)21-24)19-35-38(6-2)29-12-8-10-14-33(29)41-35/h7-20,23H,5-6,21-22H2,1-4H3/q+1. The first-order valence-electron chi connectivity index (χ1n) is 14.5. The minimum absolute atomic E-state index is 0.177. The van der Waals surface area contributed by atoms with Crippen LogP contribution < -0.4 is 14.2 Å². The van der Waals surface area contributed by atoms with Gasteiger partial charge >= 0.3 is 0 Å². The zero-order valence-electron chi connectivity index (χ0n) is 24.1. The maximum absolute atomic E-state index is 6.50. The van der Waals surface area contributed by atoms with E-state index >= 15 is 0 Å². The molecule has 0 N–H and O–H groups in total. The Balaban J connectivity index is 1.24. The third kappa shape index (κ3) is 4.81. The number of aryl methyl sites for hydroxylation is 1. The zero-order chi connectivity index (χ0) is 28.1. The number of thiophene rings is 1. The lowest BCUT2D eigenvalue weighted by molar-refractivity contribution is -0.665. The Morgan fingerprint density at radius 1 is 0.951 bits per heavy atom. The molecule has 3 heterocycles. The third-order valence-corrected chi connectivity index (χ3v) is 10.2. The van der Waals surface area contributed by atoms with Crippen molar-refractivity contribution in [3.8, 4) is 16.9 Å². The van der Waals surface area contributed by atoms with Crippen molar-refractivity contribution < 1.29 is 9.30 Å². The fourth-order valence-corrected chi connectivity index (χ4v) is 8.57. The van der Waals surface area contributed by atoms with E-state index in [2.05, 4.69) is 128 Å². The number of aromatic nitrogens is 1. The van der Waals surface area contributed by atoms with Gasteiger partial charge in [0.15, 0.2) is 5.75 Å². The molecule has 206 valence electrons. The highest BCUT2D eigenvalue weighted by Gasteiger charge is 2.30. The van der Waals surface area contributed by atoms with Crippen LogP contribution in [0.25, 0.3) is 37.5 Å². The van der Waals surface area contributed by atoms with Crippen LogP contribution in [0, 0.1) is 5.41 Å². The van der Waals surface area contributed by atoms with Crippen molar-refractivity contribution in [3.63, 3.8) is 0 Å². The third-order valence-electron chi connectivity index (χ3n) is 8.15. The highest BCUT2D eigenvalue weighted by molar-refractivity contribution is 7.19. The predicted molar refractivity (Wildman–Crippen MR) is 176 cm³/mol. The second-order valence-electron chi connectivity index (χ2n) is 11.8. The molecular formula is C36H35N2OS2+. The van der Waals surface area contributed by atoms with Crippen LogP contribution in [0.15, 0.2) is 101 Å². The van der Waals surface area contributed by atoms with Crippen LogP contribution >= 0.6 is 22.7 Å². The number of benzene rings is 3. The molecule has 0 spiro atoms. The summed E-state index contributed by atoms with van der Waals surface area (Å²) in [6.45, 7) is 11.0. The Labute approximate surface area is 250 Å². The lowest BCUT2D eigenvalue weighted by Crippen LogP contribution is -2.33. The van der Waals surface area contributed by atoms with E-state index in [1.807, 2.05) is 11.3 Å². The lowest BCUT2D eigenvalue weighted by atomic mass is 9.75. The zero-order valence-corrected chi connectivity index (χ0v) is 25.7. The predicted octanol–water partition coefficient (Wildman–Crippen LogP) is 9.98. The second-order valence-corrected chi connectivity index (χ2v) is 13.7. The van der Waals surface area contributed by atoms with Crippen LogP contribution in [0.2, 0.25) is 0 Å². The van der Waals surface area contributed by atoms with Crippen molar-refractivity contribution in [3.05, 3.63) is 106 Å². The fraction of sp³-hybridized carbons (Fsp3) is 0.250. The van der Waals surface area contributed by atoms with Crippen LogP contribution in [0.3, 0.4) is 0 Å². The van der Waals surface area contributed by atoms with E-state index in [1.165, 1.54) is 47.6 Å². The number of rotatable bonds is 5. The molecular weight excluding hydrogens is 541 g/mol. The Kier molecular flexibility index (Phi) is 6.60. The Morgan fingerprint density at radius 2 is 1.76 bits per heavy atom. The van der Waals surface area contributed by atoms with Gasteiger partial charge in [0.25, 0.3) is 5.01 Å². The van der Waals surface area contributed by atoms with Crippen LogP contribution in [-0.4, -0.2) is 6.54 Å². The van der Waals surface area contributed by atoms with E-state index in [0.29, 0.717) is 0 Å². The lowest BCUT2D eigenvalue weighted by Gasteiger charge is -2.30. The van der Waals surface area contributed by atoms with Gasteiger partial charge in [0.2, 0.25) is 11.4 Å². The van der Waals surface area contributed by atoms with Crippen molar-refractivity contribution in [1.29, 1.82) is 0 Å². The van der Waals surface area contributed by atoms with E-state index < -0.39 is 0 Å². The molecule has 0 radical (unpaired) electrons. The minimum Gasteiger partial charge on any atom is -0.439 e. The summed E-state index contributed by atoms with van der Waals surface area (Å²) in [7, 11) is 0. The summed E-state index contributed by atoms with van der Waals surface area (Å²) in [4.78, 5) is 2.32. The average Bonchev–Trinajstić information content (AvgIpc) is 3.64. The maximum Gasteiger partial charge on any atom is 0.263 e. The minimum atomic E-state index is 0.177. The van der Waals surface area contributed by atoms with Crippen molar-refractivity contribution in [2.45, 2.75) is 47.1 Å². The van der Waals surface area contributed by atoms with Gasteiger partial charge in [-0.2, -0.15) is 4.57 Å². The van der Waals surface area contributed by atoms with Crippen LogP contribution in [0.4, 0.5) is 5.69 Å². The summed E-state index contributed by atoms with van der Waals surface area (Å²) in [6.07, 6.45) is 9.17. The van der Waals surface area contributed by atoms with E-state index in [4.69, 9.17) is 4.74 Å². The van der Waals surface area contributed by atoms with Crippen LogP contribution in [-0.2, 0) is 6.54 Å². The molecule has 5 heteroatoms. The molecule has 7 rings (SSSR count). The molecule has 1 aliphatic carbocycles. The van der Waals surface area contributed by atoms with Gasteiger partial charge in [0, 0.05) is 40.4 Å². The largest absolute Gasteiger partial charge is 0.439 e. The average molecular weight is 576 g/mol. The number of para-hydroxylation sites is 1. The maximum atomic E-state index is 6.50. The van der Waals surface area contributed by atoms with Gasteiger partial charge in [-0.1, -0.05) is 67.7 Å². The monoisotopic (exact) mass is 575 g/mol. The molecule has 2 aromatic heterocycles. The normalized spacial score (nSPS) is 18.3. The molecule has 0 unspecified atom stereocenters. The highest BCUT2D eigenvalue weighted by Crippen LogP contribution is 2.45. The number of allylic oxidation sites excluding steroid dienone is 4. The first-order valence-corrected chi connectivity index (χ1v) is 16.2. The van der Waals surface area contributed by atoms with Crippen LogP contribution in [0.5, 0.6) is 5.75 Å². The number of nitrogens with zero attached hydrogens (tertiary/aromatic N) is 2. The summed E-state index contributed by atoms with van der Waals surface area (Å²) in [5.74, 6) is 1.85. The number of thiazole rings is 1. The molecule has 3 nitrogen and oxygen atoms in total. The summed E-state index contributed by atoms with van der Waals surface area (Å²) in [5, 5.41) is 4.90. The topological polar surface area (TPSA) is 16.4 Å². The number of ether oxygens (including phenoxy) is 1. The summed E-state index contributed by atoms with van der Waals surface area (Å²) >= 11 is 3.69. The van der Waals surface area contributed by atoms with Gasteiger partial charge in [-0.15, -0.1) is 11.3 Å². The smallest absolute Gasteiger partial charge is 0.263 e.